The molecule has 2 rings (SSSR count). The highest BCUT2D eigenvalue weighted by atomic mass is 16.5. The Morgan fingerprint density at radius 1 is 0.958 bits per heavy atom. The first-order chi connectivity index (χ1) is 11.5. The topological polar surface area (TPSA) is 55.4 Å². The summed E-state index contributed by atoms with van der Waals surface area (Å²) in [7, 11) is 0. The molecule has 0 atom stereocenters. The molecule has 0 aliphatic heterocycles. The van der Waals surface area contributed by atoms with Gasteiger partial charge in [-0.05, 0) is 55.2 Å². The summed E-state index contributed by atoms with van der Waals surface area (Å²) < 4.78 is 5.50. The second-order valence-electron chi connectivity index (χ2n) is 5.58. The fourth-order valence-corrected chi connectivity index (χ4v) is 2.51. The lowest BCUT2D eigenvalue weighted by Crippen LogP contribution is -2.21. The Hall–Kier alpha value is -2.62. The number of amides is 1. The van der Waals surface area contributed by atoms with Crippen LogP contribution in [0.5, 0.6) is 5.75 Å². The molecule has 0 saturated heterocycles. The molecule has 1 N–H and O–H groups in total. The van der Waals surface area contributed by atoms with E-state index in [0.717, 1.165) is 29.7 Å². The van der Waals surface area contributed by atoms with Crippen molar-refractivity contribution in [3.05, 3.63) is 59.2 Å². The highest BCUT2D eigenvalue weighted by Gasteiger charge is 2.10. The third-order valence-electron chi connectivity index (χ3n) is 3.89. The van der Waals surface area contributed by atoms with Crippen molar-refractivity contribution in [2.75, 3.05) is 11.9 Å². The second kappa shape index (κ2) is 8.29. The first kappa shape index (κ1) is 17.7. The van der Waals surface area contributed by atoms with Crippen LogP contribution in [0.3, 0.4) is 0 Å². The average Bonchev–Trinajstić information content (AvgIpc) is 2.60. The number of carbonyl (C=O) groups is 2. The van der Waals surface area contributed by atoms with Crippen LogP contribution in [0.2, 0.25) is 0 Å². The van der Waals surface area contributed by atoms with Crippen molar-refractivity contribution in [1.82, 2.24) is 0 Å². The molecule has 0 radical (unpaired) electrons. The molecule has 24 heavy (non-hydrogen) atoms. The summed E-state index contributed by atoms with van der Waals surface area (Å²) in [6.07, 6.45) is 1.72. The minimum atomic E-state index is -0.193. The lowest BCUT2D eigenvalue weighted by molar-refractivity contribution is -0.118. The molecular weight excluding hydrogens is 302 g/mol. The van der Waals surface area contributed by atoms with E-state index in [-0.39, 0.29) is 18.3 Å². The van der Waals surface area contributed by atoms with E-state index in [1.807, 2.05) is 18.2 Å². The van der Waals surface area contributed by atoms with Gasteiger partial charge in [0.15, 0.2) is 12.4 Å². The Kier molecular flexibility index (Phi) is 6.13. The van der Waals surface area contributed by atoms with Gasteiger partial charge in [0.2, 0.25) is 0 Å². The zero-order valence-electron chi connectivity index (χ0n) is 14.4. The van der Waals surface area contributed by atoms with Crippen molar-refractivity contribution in [2.24, 2.45) is 0 Å². The molecule has 0 saturated carbocycles. The van der Waals surface area contributed by atoms with Gasteiger partial charge < -0.3 is 10.1 Å². The van der Waals surface area contributed by atoms with E-state index in [1.54, 1.807) is 24.3 Å². The number of hydrogen-bond acceptors (Lipinski definition) is 3. The van der Waals surface area contributed by atoms with Crippen LogP contribution in [0, 0.1) is 0 Å². The van der Waals surface area contributed by atoms with Crippen molar-refractivity contribution < 1.29 is 14.3 Å². The number of para-hydroxylation sites is 1. The molecule has 0 bridgehead atoms. The highest BCUT2D eigenvalue weighted by Crippen LogP contribution is 2.22. The van der Waals surface area contributed by atoms with Crippen molar-refractivity contribution in [1.29, 1.82) is 0 Å². The first-order valence-electron chi connectivity index (χ1n) is 8.19. The minimum Gasteiger partial charge on any atom is -0.484 e. The molecule has 0 fully saturated rings. The van der Waals surface area contributed by atoms with Crippen molar-refractivity contribution in [3.63, 3.8) is 0 Å². The number of rotatable bonds is 7. The van der Waals surface area contributed by atoms with E-state index in [4.69, 9.17) is 4.74 Å². The molecule has 0 aromatic heterocycles. The summed E-state index contributed by atoms with van der Waals surface area (Å²) in [6, 6.07) is 12.8. The monoisotopic (exact) mass is 325 g/mol. The molecule has 2 aromatic rings. The van der Waals surface area contributed by atoms with Crippen LogP contribution in [0.4, 0.5) is 5.69 Å². The van der Waals surface area contributed by atoms with Gasteiger partial charge in [-0.2, -0.15) is 0 Å². The Labute approximate surface area is 142 Å². The molecule has 2 aromatic carbocycles. The second-order valence-corrected chi connectivity index (χ2v) is 5.58. The number of benzene rings is 2. The maximum Gasteiger partial charge on any atom is 0.262 e. The van der Waals surface area contributed by atoms with Gasteiger partial charge >= 0.3 is 0 Å². The average molecular weight is 325 g/mol. The summed E-state index contributed by atoms with van der Waals surface area (Å²) in [5.74, 6) is 0.374. The number of Topliss-reactive ketones (excluding diaryl/α,β-unsaturated/α-hetero) is 1. The molecule has 0 heterocycles. The number of ether oxygens (including phenoxy) is 1. The molecule has 1 amide bonds. The van der Waals surface area contributed by atoms with E-state index in [0.29, 0.717) is 11.3 Å². The van der Waals surface area contributed by atoms with Gasteiger partial charge in [0.1, 0.15) is 5.75 Å². The molecular formula is C20H23NO3. The lowest BCUT2D eigenvalue weighted by Gasteiger charge is -2.14. The molecule has 126 valence electrons. The molecule has 0 aliphatic carbocycles. The molecule has 4 nitrogen and oxygen atoms in total. The van der Waals surface area contributed by atoms with Crippen LogP contribution < -0.4 is 10.1 Å². The normalized spacial score (nSPS) is 10.3. The number of carbonyl (C=O) groups excluding carboxylic acids is 2. The van der Waals surface area contributed by atoms with Gasteiger partial charge in [-0.25, -0.2) is 0 Å². The largest absolute Gasteiger partial charge is 0.484 e. The van der Waals surface area contributed by atoms with Gasteiger partial charge in [-0.3, -0.25) is 9.59 Å². The number of nitrogens with one attached hydrogen (secondary N) is 1. The summed E-state index contributed by atoms with van der Waals surface area (Å²) in [6.45, 7) is 5.58. The quantitative estimate of drug-likeness (QED) is 0.782. The van der Waals surface area contributed by atoms with Gasteiger partial charge in [-0.15, -0.1) is 0 Å². The standard InChI is InChI=1S/C20H23NO3/c1-4-15-7-6-8-16(5-2)20(15)21-19(23)13-24-18-11-9-17(10-12-18)14(3)22/h6-12H,4-5,13H2,1-3H3,(H,21,23). The highest BCUT2D eigenvalue weighted by molar-refractivity contribution is 5.94. The summed E-state index contributed by atoms with van der Waals surface area (Å²) >= 11 is 0. The summed E-state index contributed by atoms with van der Waals surface area (Å²) in [4.78, 5) is 23.4. The van der Waals surface area contributed by atoms with Crippen molar-refractivity contribution >= 4 is 17.4 Å². The fourth-order valence-electron chi connectivity index (χ4n) is 2.51. The Balaban J connectivity index is 2.00. The van der Waals surface area contributed by atoms with Crippen LogP contribution in [0.15, 0.2) is 42.5 Å². The van der Waals surface area contributed by atoms with E-state index in [1.165, 1.54) is 6.92 Å². The lowest BCUT2D eigenvalue weighted by atomic mass is 10.0. The smallest absolute Gasteiger partial charge is 0.262 e. The molecule has 0 unspecified atom stereocenters. The summed E-state index contributed by atoms with van der Waals surface area (Å²) in [5.41, 5.74) is 3.75. The predicted octanol–water partition coefficient (Wildman–Crippen LogP) is 4.03. The third kappa shape index (κ3) is 4.44. The van der Waals surface area contributed by atoms with Crippen LogP contribution in [-0.4, -0.2) is 18.3 Å². The number of ketones is 1. The number of hydrogen-bond donors (Lipinski definition) is 1. The Bertz CT molecular complexity index is 698. The van der Waals surface area contributed by atoms with E-state index in [2.05, 4.69) is 19.2 Å². The Morgan fingerprint density at radius 3 is 2.04 bits per heavy atom. The maximum absolute atomic E-state index is 12.2. The van der Waals surface area contributed by atoms with Gasteiger partial charge in [-0.1, -0.05) is 32.0 Å². The zero-order valence-corrected chi connectivity index (χ0v) is 14.4. The maximum atomic E-state index is 12.2. The van der Waals surface area contributed by atoms with Crippen molar-refractivity contribution in [3.8, 4) is 5.75 Å². The van der Waals surface area contributed by atoms with Crippen LogP contribution in [0.25, 0.3) is 0 Å². The van der Waals surface area contributed by atoms with E-state index < -0.39 is 0 Å². The molecule has 0 spiro atoms. The number of aryl methyl sites for hydroxylation is 2. The zero-order chi connectivity index (χ0) is 17.5. The molecule has 4 heteroatoms. The number of anilines is 1. The third-order valence-corrected chi connectivity index (χ3v) is 3.89. The van der Waals surface area contributed by atoms with Crippen LogP contribution in [-0.2, 0) is 17.6 Å². The van der Waals surface area contributed by atoms with Gasteiger partial charge in [0.05, 0.1) is 0 Å². The van der Waals surface area contributed by atoms with Crippen LogP contribution in [0.1, 0.15) is 42.3 Å². The molecule has 0 aliphatic rings. The SMILES string of the molecule is CCc1cccc(CC)c1NC(=O)COc1ccc(C(C)=O)cc1. The van der Waals surface area contributed by atoms with E-state index >= 15 is 0 Å². The first-order valence-corrected chi connectivity index (χ1v) is 8.19. The van der Waals surface area contributed by atoms with Gasteiger partial charge in [0, 0.05) is 11.3 Å². The predicted molar refractivity (Wildman–Crippen MR) is 95.8 cm³/mol. The fraction of sp³-hybridized carbons (Fsp3) is 0.300. The Morgan fingerprint density at radius 2 is 1.54 bits per heavy atom. The van der Waals surface area contributed by atoms with E-state index in [9.17, 15) is 9.59 Å². The minimum absolute atomic E-state index is 0.00237. The van der Waals surface area contributed by atoms with Crippen molar-refractivity contribution in [2.45, 2.75) is 33.6 Å². The van der Waals surface area contributed by atoms with Crippen LogP contribution >= 0.6 is 0 Å². The summed E-state index contributed by atoms with van der Waals surface area (Å²) in [5, 5.41) is 2.96. The van der Waals surface area contributed by atoms with Gasteiger partial charge in [0.25, 0.3) is 5.91 Å².